The van der Waals surface area contributed by atoms with Crippen LogP contribution >= 0.6 is 0 Å². The number of anilines is 1. The van der Waals surface area contributed by atoms with Crippen LogP contribution in [0.4, 0.5) is 5.69 Å². The Balaban J connectivity index is 1.74. The van der Waals surface area contributed by atoms with Gasteiger partial charge in [0.15, 0.2) is 11.5 Å². The average Bonchev–Trinajstić information content (AvgIpc) is 2.85. The Bertz CT molecular complexity index is 1120. The highest BCUT2D eigenvalue weighted by atomic mass is 32.2. The molecule has 2 aromatic carbocycles. The molecule has 1 aliphatic rings. The third-order valence-electron chi connectivity index (χ3n) is 5.79. The predicted octanol–water partition coefficient (Wildman–Crippen LogP) is 2.56. The van der Waals surface area contributed by atoms with Crippen molar-refractivity contribution in [1.82, 2.24) is 10.2 Å². The lowest BCUT2D eigenvalue weighted by molar-refractivity contribution is -0.141. The van der Waals surface area contributed by atoms with E-state index in [1.54, 1.807) is 30.1 Å². The number of rotatable bonds is 11. The number of nitrogens with zero attached hydrogens (tertiary/aromatic N) is 2. The minimum absolute atomic E-state index is 0.0941. The van der Waals surface area contributed by atoms with Gasteiger partial charge >= 0.3 is 0 Å². The van der Waals surface area contributed by atoms with Crippen molar-refractivity contribution in [3.63, 3.8) is 0 Å². The molecule has 0 spiro atoms. The fourth-order valence-corrected chi connectivity index (χ4v) is 5.01. The quantitative estimate of drug-likeness (QED) is 0.505. The molecule has 190 valence electrons. The van der Waals surface area contributed by atoms with E-state index in [0.29, 0.717) is 43.4 Å². The number of benzene rings is 2. The van der Waals surface area contributed by atoms with Gasteiger partial charge in [0, 0.05) is 32.6 Å². The molecular weight excluding hydrogens is 470 g/mol. The number of sulfonamides is 1. The first kappa shape index (κ1) is 26.3. The first-order valence-corrected chi connectivity index (χ1v) is 13.5. The Morgan fingerprint density at radius 3 is 2.37 bits per heavy atom. The summed E-state index contributed by atoms with van der Waals surface area (Å²) in [7, 11) is -2.05. The molecule has 3 rings (SSSR count). The molecule has 1 atom stereocenters. The highest BCUT2D eigenvalue weighted by Gasteiger charge is 2.28. The van der Waals surface area contributed by atoms with Crippen molar-refractivity contribution in [2.75, 3.05) is 37.4 Å². The summed E-state index contributed by atoms with van der Waals surface area (Å²) in [5.41, 5.74) is 1.36. The van der Waals surface area contributed by atoms with E-state index in [-0.39, 0.29) is 31.2 Å². The first-order valence-electron chi connectivity index (χ1n) is 11.7. The van der Waals surface area contributed by atoms with E-state index in [4.69, 9.17) is 9.47 Å². The van der Waals surface area contributed by atoms with Crippen LogP contribution < -0.4 is 19.1 Å². The average molecular weight is 504 g/mol. The summed E-state index contributed by atoms with van der Waals surface area (Å²) >= 11 is 0. The lowest BCUT2D eigenvalue weighted by Crippen LogP contribution is -2.48. The van der Waals surface area contributed by atoms with Crippen LogP contribution in [0.2, 0.25) is 0 Å². The summed E-state index contributed by atoms with van der Waals surface area (Å²) in [4.78, 5) is 27.3. The maximum absolute atomic E-state index is 13.3. The molecule has 0 saturated heterocycles. The van der Waals surface area contributed by atoms with Crippen molar-refractivity contribution in [3.05, 3.63) is 54.1 Å². The molecule has 2 amide bonds. The van der Waals surface area contributed by atoms with Crippen LogP contribution in [0.1, 0.15) is 31.7 Å². The Hall–Kier alpha value is -3.27. The van der Waals surface area contributed by atoms with E-state index >= 15 is 0 Å². The van der Waals surface area contributed by atoms with Gasteiger partial charge in [-0.25, -0.2) is 8.42 Å². The maximum atomic E-state index is 13.3. The molecular formula is C25H33N3O6S. The van der Waals surface area contributed by atoms with Crippen LogP contribution in [0, 0.1) is 0 Å². The number of nitrogens with one attached hydrogen (secondary N) is 1. The van der Waals surface area contributed by atoms with Crippen LogP contribution in [0.5, 0.6) is 11.5 Å². The van der Waals surface area contributed by atoms with Crippen LogP contribution in [0.25, 0.3) is 0 Å². The lowest BCUT2D eigenvalue weighted by atomic mass is 10.1. The van der Waals surface area contributed by atoms with E-state index in [0.717, 1.165) is 11.8 Å². The standard InChI is InChI=1S/C25H33N3O6S/c1-4-21(25(30)26-2)27(18-19-9-6-5-7-10-19)24(29)11-8-14-28(35(3,31)32)20-12-13-22-23(17-20)34-16-15-33-22/h5-7,9-10,12-13,17,21H,4,8,11,14-16,18H2,1-3H3,(H,26,30)/t21-/m0/s1. The third kappa shape index (κ3) is 6.88. The van der Waals surface area contributed by atoms with Gasteiger partial charge in [-0.2, -0.15) is 0 Å². The van der Waals surface area contributed by atoms with Crippen molar-refractivity contribution in [1.29, 1.82) is 0 Å². The van der Waals surface area contributed by atoms with Gasteiger partial charge in [-0.1, -0.05) is 37.3 Å². The maximum Gasteiger partial charge on any atom is 0.242 e. The van der Waals surface area contributed by atoms with Crippen molar-refractivity contribution in [2.24, 2.45) is 0 Å². The predicted molar refractivity (Wildman–Crippen MR) is 134 cm³/mol. The molecule has 1 heterocycles. The number of hydrogen-bond donors (Lipinski definition) is 1. The first-order chi connectivity index (χ1) is 16.7. The number of fused-ring (bicyclic) bond motifs is 1. The molecule has 35 heavy (non-hydrogen) atoms. The van der Waals surface area contributed by atoms with Crippen molar-refractivity contribution < 1.29 is 27.5 Å². The second-order valence-corrected chi connectivity index (χ2v) is 10.2. The number of amides is 2. The molecule has 1 aliphatic heterocycles. The monoisotopic (exact) mass is 503 g/mol. The van der Waals surface area contributed by atoms with Crippen LogP contribution in [0.15, 0.2) is 48.5 Å². The fraction of sp³-hybridized carbons (Fsp3) is 0.440. The molecule has 0 aromatic heterocycles. The number of carbonyl (C=O) groups is 2. The van der Waals surface area contributed by atoms with Crippen molar-refractivity contribution in [2.45, 2.75) is 38.8 Å². The summed E-state index contributed by atoms with van der Waals surface area (Å²) in [6.07, 6.45) is 1.98. The normalized spacial score (nSPS) is 13.6. The minimum Gasteiger partial charge on any atom is -0.486 e. The van der Waals surface area contributed by atoms with E-state index in [1.165, 1.54) is 4.31 Å². The SMILES string of the molecule is CC[C@@H](C(=O)NC)N(Cc1ccccc1)C(=O)CCCN(c1ccc2c(c1)OCCO2)S(C)(=O)=O. The van der Waals surface area contributed by atoms with Crippen molar-refractivity contribution in [3.8, 4) is 11.5 Å². The van der Waals surface area contributed by atoms with E-state index in [2.05, 4.69) is 5.32 Å². The van der Waals surface area contributed by atoms with E-state index in [1.807, 2.05) is 37.3 Å². The zero-order valence-electron chi connectivity index (χ0n) is 20.4. The van der Waals surface area contributed by atoms with Crippen LogP contribution in [-0.2, 0) is 26.2 Å². The molecule has 0 bridgehead atoms. The second-order valence-electron chi connectivity index (χ2n) is 8.31. The second kappa shape index (κ2) is 11.9. The van der Waals surface area contributed by atoms with Gasteiger partial charge < -0.3 is 19.7 Å². The van der Waals surface area contributed by atoms with Gasteiger partial charge in [0.1, 0.15) is 19.3 Å². The Morgan fingerprint density at radius 2 is 1.74 bits per heavy atom. The highest BCUT2D eigenvalue weighted by molar-refractivity contribution is 7.92. The Labute approximate surface area is 207 Å². The lowest BCUT2D eigenvalue weighted by Gasteiger charge is -2.31. The molecule has 10 heteroatoms. The molecule has 0 saturated carbocycles. The number of hydrogen-bond acceptors (Lipinski definition) is 6. The van der Waals surface area contributed by atoms with Gasteiger partial charge in [-0.05, 0) is 30.5 Å². The molecule has 9 nitrogen and oxygen atoms in total. The zero-order chi connectivity index (χ0) is 25.4. The molecule has 1 N–H and O–H groups in total. The Morgan fingerprint density at radius 1 is 1.06 bits per heavy atom. The zero-order valence-corrected chi connectivity index (χ0v) is 21.2. The topological polar surface area (TPSA) is 105 Å². The smallest absolute Gasteiger partial charge is 0.242 e. The van der Waals surface area contributed by atoms with Crippen LogP contribution in [0.3, 0.4) is 0 Å². The van der Waals surface area contributed by atoms with Gasteiger partial charge in [-0.3, -0.25) is 13.9 Å². The molecule has 0 radical (unpaired) electrons. The summed E-state index contributed by atoms with van der Waals surface area (Å²) < 4.78 is 37.4. The largest absolute Gasteiger partial charge is 0.486 e. The summed E-state index contributed by atoms with van der Waals surface area (Å²) in [5.74, 6) is 0.620. The number of carbonyl (C=O) groups excluding carboxylic acids is 2. The third-order valence-corrected chi connectivity index (χ3v) is 6.99. The van der Waals surface area contributed by atoms with Crippen LogP contribution in [-0.4, -0.2) is 64.2 Å². The van der Waals surface area contributed by atoms with Gasteiger partial charge in [0.05, 0.1) is 11.9 Å². The van der Waals surface area contributed by atoms with E-state index in [9.17, 15) is 18.0 Å². The molecule has 0 unspecified atom stereocenters. The number of ether oxygens (including phenoxy) is 2. The van der Waals surface area contributed by atoms with Gasteiger partial charge in [-0.15, -0.1) is 0 Å². The van der Waals surface area contributed by atoms with Gasteiger partial charge in [0.25, 0.3) is 0 Å². The summed E-state index contributed by atoms with van der Waals surface area (Å²) in [5, 5.41) is 2.64. The minimum atomic E-state index is -3.60. The molecule has 2 aromatic rings. The summed E-state index contributed by atoms with van der Waals surface area (Å²) in [6.45, 7) is 3.10. The van der Waals surface area contributed by atoms with E-state index < -0.39 is 16.1 Å². The molecule has 0 fully saturated rings. The Kier molecular flexibility index (Phi) is 8.97. The number of likely N-dealkylation sites (N-methyl/N-ethyl adjacent to an activating group) is 1. The highest BCUT2D eigenvalue weighted by Crippen LogP contribution is 2.34. The van der Waals surface area contributed by atoms with Crippen molar-refractivity contribution >= 4 is 27.5 Å². The summed E-state index contributed by atoms with van der Waals surface area (Å²) in [6, 6.07) is 13.8. The fourth-order valence-electron chi connectivity index (χ4n) is 4.06. The molecule has 0 aliphatic carbocycles. The van der Waals surface area contributed by atoms with Gasteiger partial charge in [0.2, 0.25) is 21.8 Å².